The molecule has 194 valence electrons. The summed E-state index contributed by atoms with van der Waals surface area (Å²) in [5, 5.41) is 0. The fourth-order valence-corrected chi connectivity index (χ4v) is 5.59. The first-order valence-electron chi connectivity index (χ1n) is 14.7. The highest BCUT2D eigenvalue weighted by Crippen LogP contribution is 2.38. The van der Waals surface area contributed by atoms with Crippen LogP contribution in [-0.4, -0.2) is 49.2 Å². The summed E-state index contributed by atoms with van der Waals surface area (Å²) < 4.78 is 22.7. The summed E-state index contributed by atoms with van der Waals surface area (Å²) in [5.74, 6) is 0. The van der Waals surface area contributed by atoms with Gasteiger partial charge in [-0.2, -0.15) is 0 Å². The standard InChI is InChI=1S/C29H57BFNO/c1-6-10-14-17-20-28(5,21-18-15-11-7-2)32-24-26(33-27(30)25-32)29(31,22-13-9-4)23-19-16-12-8-3/h26-27H,6-25H2,1-5H3. The fraction of sp³-hybridized carbons (Fsp3) is 1.00. The highest BCUT2D eigenvalue weighted by molar-refractivity contribution is 6.11. The van der Waals surface area contributed by atoms with Crippen LogP contribution in [-0.2, 0) is 4.74 Å². The molecule has 0 aromatic carbocycles. The number of hydrogen-bond acceptors (Lipinski definition) is 2. The van der Waals surface area contributed by atoms with Crippen molar-refractivity contribution in [3.63, 3.8) is 0 Å². The van der Waals surface area contributed by atoms with Crippen molar-refractivity contribution in [3.05, 3.63) is 0 Å². The number of unbranched alkanes of at least 4 members (excludes halogenated alkanes) is 10. The number of ether oxygens (including phenoxy) is 1. The second-order valence-corrected chi connectivity index (χ2v) is 11.1. The van der Waals surface area contributed by atoms with Gasteiger partial charge in [0.1, 0.15) is 19.6 Å². The van der Waals surface area contributed by atoms with E-state index in [-0.39, 0.29) is 11.5 Å². The molecule has 0 aromatic heterocycles. The second kappa shape index (κ2) is 17.4. The lowest BCUT2D eigenvalue weighted by molar-refractivity contribution is -0.149. The normalized spacial score (nSPS) is 21.9. The van der Waals surface area contributed by atoms with Crippen molar-refractivity contribution >= 4 is 7.85 Å². The SMILES string of the molecule is [B]C1CN(C(C)(CCCCCC)CCCCCC)CC(C(F)(CCCC)CCCCCC)O1. The van der Waals surface area contributed by atoms with E-state index in [1.54, 1.807) is 0 Å². The number of hydrogen-bond donors (Lipinski definition) is 0. The summed E-state index contributed by atoms with van der Waals surface area (Å²) in [4.78, 5) is 2.54. The molecule has 1 rings (SSSR count). The van der Waals surface area contributed by atoms with Crippen LogP contribution in [0.5, 0.6) is 0 Å². The van der Waals surface area contributed by atoms with E-state index in [0.29, 0.717) is 19.4 Å². The van der Waals surface area contributed by atoms with Gasteiger partial charge in [-0.25, -0.2) is 4.39 Å². The molecule has 1 aliphatic heterocycles. The van der Waals surface area contributed by atoms with Gasteiger partial charge < -0.3 is 4.74 Å². The number of rotatable bonds is 20. The number of alkyl halides is 1. The zero-order chi connectivity index (χ0) is 24.6. The minimum Gasteiger partial charge on any atom is -0.379 e. The first kappa shape index (κ1) is 30.9. The lowest BCUT2D eigenvalue weighted by Gasteiger charge is -2.51. The van der Waals surface area contributed by atoms with Crippen LogP contribution in [0.4, 0.5) is 4.39 Å². The van der Waals surface area contributed by atoms with E-state index in [0.717, 1.165) is 32.2 Å². The van der Waals surface area contributed by atoms with Gasteiger partial charge in [0.2, 0.25) is 0 Å². The summed E-state index contributed by atoms with van der Waals surface area (Å²) in [6.45, 7) is 12.8. The number of morpholine rings is 1. The molecule has 0 N–H and O–H groups in total. The number of nitrogens with zero attached hydrogens (tertiary/aromatic N) is 1. The first-order valence-corrected chi connectivity index (χ1v) is 14.7. The Morgan fingerprint density at radius 1 is 0.697 bits per heavy atom. The van der Waals surface area contributed by atoms with Crippen molar-refractivity contribution in [1.82, 2.24) is 4.90 Å². The van der Waals surface area contributed by atoms with Gasteiger partial charge in [-0.3, -0.25) is 4.90 Å². The lowest BCUT2D eigenvalue weighted by Crippen LogP contribution is -2.61. The molecule has 1 saturated heterocycles. The Kier molecular flexibility index (Phi) is 16.3. The lowest BCUT2D eigenvalue weighted by atomic mass is 9.80. The zero-order valence-corrected chi connectivity index (χ0v) is 23.1. The monoisotopic (exact) mass is 465 g/mol. The topological polar surface area (TPSA) is 12.5 Å². The second-order valence-electron chi connectivity index (χ2n) is 11.1. The van der Waals surface area contributed by atoms with E-state index in [1.807, 2.05) is 0 Å². The molecule has 33 heavy (non-hydrogen) atoms. The summed E-state index contributed by atoms with van der Waals surface area (Å²) in [7, 11) is 6.44. The average molecular weight is 466 g/mol. The van der Waals surface area contributed by atoms with Crippen molar-refractivity contribution in [2.45, 2.75) is 174 Å². The third-order valence-electron chi connectivity index (χ3n) is 8.00. The molecular weight excluding hydrogens is 408 g/mol. The summed E-state index contributed by atoms with van der Waals surface area (Å²) in [6.07, 6.45) is 19.8. The Labute approximate surface area is 208 Å². The minimum absolute atomic E-state index is 0.0923. The van der Waals surface area contributed by atoms with Gasteiger partial charge in [-0.05, 0) is 32.6 Å². The fourth-order valence-electron chi connectivity index (χ4n) is 5.59. The van der Waals surface area contributed by atoms with E-state index in [4.69, 9.17) is 12.6 Å². The van der Waals surface area contributed by atoms with Crippen molar-refractivity contribution in [2.24, 2.45) is 0 Å². The molecule has 3 unspecified atom stereocenters. The van der Waals surface area contributed by atoms with Crippen LogP contribution in [0.15, 0.2) is 0 Å². The van der Waals surface area contributed by atoms with E-state index in [1.165, 1.54) is 77.0 Å². The highest BCUT2D eigenvalue weighted by atomic mass is 19.1. The zero-order valence-electron chi connectivity index (χ0n) is 23.1. The van der Waals surface area contributed by atoms with Gasteiger partial charge in [0.25, 0.3) is 0 Å². The molecule has 0 amide bonds. The van der Waals surface area contributed by atoms with E-state index in [2.05, 4.69) is 39.5 Å². The van der Waals surface area contributed by atoms with Crippen LogP contribution in [0.25, 0.3) is 0 Å². The molecule has 1 aliphatic rings. The van der Waals surface area contributed by atoms with Crippen LogP contribution >= 0.6 is 0 Å². The van der Waals surface area contributed by atoms with Gasteiger partial charge in [-0.15, -0.1) is 0 Å². The molecule has 0 aromatic rings. The Morgan fingerprint density at radius 3 is 1.64 bits per heavy atom. The summed E-state index contributed by atoms with van der Waals surface area (Å²) in [6, 6.07) is -0.387. The van der Waals surface area contributed by atoms with Crippen molar-refractivity contribution in [3.8, 4) is 0 Å². The van der Waals surface area contributed by atoms with E-state index >= 15 is 4.39 Å². The number of halogens is 1. The smallest absolute Gasteiger partial charge is 0.138 e. The van der Waals surface area contributed by atoms with Gasteiger partial charge >= 0.3 is 0 Å². The van der Waals surface area contributed by atoms with Gasteiger partial charge in [0, 0.05) is 24.6 Å². The van der Waals surface area contributed by atoms with Crippen LogP contribution in [0.2, 0.25) is 0 Å². The third kappa shape index (κ3) is 11.5. The molecule has 2 radical (unpaired) electrons. The molecule has 2 nitrogen and oxygen atoms in total. The predicted octanol–water partition coefficient (Wildman–Crippen LogP) is 8.75. The van der Waals surface area contributed by atoms with E-state index in [9.17, 15) is 0 Å². The Bertz CT molecular complexity index is 465. The van der Waals surface area contributed by atoms with Crippen LogP contribution in [0, 0.1) is 0 Å². The van der Waals surface area contributed by atoms with Crippen molar-refractivity contribution in [2.75, 3.05) is 13.1 Å². The minimum atomic E-state index is -1.26. The molecule has 3 atom stereocenters. The molecule has 1 fully saturated rings. The van der Waals surface area contributed by atoms with Crippen molar-refractivity contribution < 1.29 is 9.13 Å². The maximum Gasteiger partial charge on any atom is 0.138 e. The highest BCUT2D eigenvalue weighted by Gasteiger charge is 2.46. The van der Waals surface area contributed by atoms with Crippen LogP contribution in [0.3, 0.4) is 0 Å². The Morgan fingerprint density at radius 2 is 1.15 bits per heavy atom. The first-order chi connectivity index (χ1) is 15.8. The van der Waals surface area contributed by atoms with Crippen molar-refractivity contribution in [1.29, 1.82) is 0 Å². The van der Waals surface area contributed by atoms with Crippen LogP contribution in [0.1, 0.15) is 150 Å². The molecule has 0 saturated carbocycles. The Hall–Kier alpha value is -0.0851. The summed E-state index contributed by atoms with van der Waals surface area (Å²) in [5.41, 5.74) is -1.17. The van der Waals surface area contributed by atoms with E-state index < -0.39 is 11.8 Å². The molecule has 0 aliphatic carbocycles. The largest absolute Gasteiger partial charge is 0.379 e. The van der Waals surface area contributed by atoms with Gasteiger partial charge in [-0.1, -0.05) is 118 Å². The molecule has 0 bridgehead atoms. The quantitative estimate of drug-likeness (QED) is 0.132. The molecule has 1 heterocycles. The average Bonchev–Trinajstić information content (AvgIpc) is 2.81. The predicted molar refractivity (Wildman–Crippen MR) is 144 cm³/mol. The maximum atomic E-state index is 16.5. The summed E-state index contributed by atoms with van der Waals surface area (Å²) >= 11 is 0. The van der Waals surface area contributed by atoms with Crippen LogP contribution < -0.4 is 0 Å². The maximum absolute atomic E-state index is 16.5. The van der Waals surface area contributed by atoms with Gasteiger partial charge in [0.05, 0.1) is 0 Å². The molecular formula is C29H57BFNO. The molecule has 4 heteroatoms. The van der Waals surface area contributed by atoms with Gasteiger partial charge in [0.15, 0.2) is 0 Å². The Balaban J connectivity index is 2.95. The third-order valence-corrected chi connectivity index (χ3v) is 8.00. The molecule has 0 spiro atoms.